The van der Waals surface area contributed by atoms with E-state index in [1.807, 2.05) is 26.8 Å². The molecule has 0 amide bonds. The van der Waals surface area contributed by atoms with Crippen molar-refractivity contribution in [2.75, 3.05) is 0 Å². The smallest absolute Gasteiger partial charge is 0.335 e. The fourth-order valence-electron chi connectivity index (χ4n) is 1.80. The van der Waals surface area contributed by atoms with Gasteiger partial charge in [-0.25, -0.2) is 9.78 Å². The summed E-state index contributed by atoms with van der Waals surface area (Å²) in [6.07, 6.45) is 0. The third-order valence-corrected chi connectivity index (χ3v) is 3.27. The van der Waals surface area contributed by atoms with Gasteiger partial charge < -0.3 is 9.84 Å². The van der Waals surface area contributed by atoms with E-state index >= 15 is 0 Å². The van der Waals surface area contributed by atoms with E-state index in [4.69, 9.17) is 16.3 Å². The number of aromatic carboxylic acids is 1. The Kier molecular flexibility index (Phi) is 4.48. The number of carboxylic acid groups (broad SMARTS) is 1. The van der Waals surface area contributed by atoms with Crippen molar-refractivity contribution in [2.24, 2.45) is 0 Å². The summed E-state index contributed by atoms with van der Waals surface area (Å²) in [7, 11) is 0. The zero-order chi connectivity index (χ0) is 15.6. The van der Waals surface area contributed by atoms with Gasteiger partial charge in [-0.15, -0.1) is 0 Å². The molecule has 1 aromatic heterocycles. The highest BCUT2D eigenvalue weighted by Gasteiger charge is 2.13. The number of carboxylic acids is 1. The van der Waals surface area contributed by atoms with Crippen LogP contribution in [0.4, 0.5) is 0 Å². The summed E-state index contributed by atoms with van der Waals surface area (Å²) in [5, 5.41) is 9.62. The zero-order valence-corrected chi connectivity index (χ0v) is 12.8. The summed E-state index contributed by atoms with van der Waals surface area (Å²) in [5.74, 6) is -0.230. The highest BCUT2D eigenvalue weighted by atomic mass is 35.5. The molecule has 0 unspecified atom stereocenters. The fraction of sp³-hybridized carbons (Fsp3) is 0.250. The van der Waals surface area contributed by atoms with Crippen LogP contribution in [0.3, 0.4) is 0 Å². The molecule has 2 aromatic rings. The molecule has 21 heavy (non-hydrogen) atoms. The van der Waals surface area contributed by atoms with Gasteiger partial charge in [-0.1, -0.05) is 31.5 Å². The first kappa shape index (κ1) is 15.3. The normalized spacial score (nSPS) is 10.7. The first-order valence-electron chi connectivity index (χ1n) is 6.56. The summed E-state index contributed by atoms with van der Waals surface area (Å²) in [6.45, 7) is 5.80. The number of rotatable bonds is 4. The van der Waals surface area contributed by atoms with E-state index in [0.29, 0.717) is 16.5 Å². The Morgan fingerprint density at radius 3 is 2.62 bits per heavy atom. The monoisotopic (exact) mass is 305 g/mol. The third kappa shape index (κ3) is 3.73. The van der Waals surface area contributed by atoms with E-state index in [9.17, 15) is 9.90 Å². The molecular weight excluding hydrogens is 290 g/mol. The molecule has 4 nitrogen and oxygen atoms in total. The largest absolute Gasteiger partial charge is 0.478 e. The van der Waals surface area contributed by atoms with Crippen LogP contribution >= 0.6 is 11.6 Å². The molecule has 1 aromatic carbocycles. The molecule has 0 aliphatic rings. The summed E-state index contributed by atoms with van der Waals surface area (Å²) < 4.78 is 5.67. The lowest BCUT2D eigenvalue weighted by Gasteiger charge is -2.11. The number of hydrogen-bond donors (Lipinski definition) is 1. The first-order valence-corrected chi connectivity index (χ1v) is 6.94. The number of hydrogen-bond acceptors (Lipinski definition) is 3. The van der Waals surface area contributed by atoms with Crippen LogP contribution in [-0.4, -0.2) is 16.1 Å². The number of benzene rings is 1. The minimum absolute atomic E-state index is 0.0969. The number of halogens is 1. The molecule has 0 spiro atoms. The molecule has 0 fully saturated rings. The first-order chi connectivity index (χ1) is 9.86. The molecule has 0 bridgehead atoms. The van der Waals surface area contributed by atoms with Crippen molar-refractivity contribution in [3.05, 3.63) is 52.2 Å². The minimum atomic E-state index is -1.01. The van der Waals surface area contributed by atoms with Crippen LogP contribution in [-0.2, 0) is 0 Å². The molecule has 1 heterocycles. The highest BCUT2D eigenvalue weighted by Crippen LogP contribution is 2.30. The Balaban J connectivity index is 2.43. The maximum atomic E-state index is 11.2. The molecule has 1 N–H and O–H groups in total. The number of ether oxygens (including phenoxy) is 1. The van der Waals surface area contributed by atoms with Crippen LogP contribution < -0.4 is 4.74 Å². The van der Waals surface area contributed by atoms with Gasteiger partial charge in [-0.2, -0.15) is 0 Å². The van der Waals surface area contributed by atoms with Crippen LogP contribution in [0.25, 0.3) is 0 Å². The standard InChI is InChI=1S/C16H16ClNO3/c1-9(2)13-7-11(16(19)20)8-15(18-13)21-14-6-10(3)4-5-12(14)17/h4-9H,1-3H3,(H,19,20). The lowest BCUT2D eigenvalue weighted by atomic mass is 10.1. The van der Waals surface area contributed by atoms with Gasteiger partial charge in [0.25, 0.3) is 0 Å². The second kappa shape index (κ2) is 6.14. The zero-order valence-electron chi connectivity index (χ0n) is 12.1. The molecule has 0 saturated heterocycles. The number of carbonyl (C=O) groups is 1. The van der Waals surface area contributed by atoms with Gasteiger partial charge in [0.2, 0.25) is 5.88 Å². The van der Waals surface area contributed by atoms with Crippen molar-refractivity contribution in [1.82, 2.24) is 4.98 Å². The average Bonchev–Trinajstić information content (AvgIpc) is 2.42. The molecule has 0 aliphatic carbocycles. The second-order valence-corrected chi connectivity index (χ2v) is 5.52. The van der Waals surface area contributed by atoms with E-state index in [1.54, 1.807) is 18.2 Å². The maximum absolute atomic E-state index is 11.2. The van der Waals surface area contributed by atoms with Gasteiger partial charge in [0, 0.05) is 11.8 Å². The Hall–Kier alpha value is -2.07. The molecule has 2 rings (SSSR count). The second-order valence-electron chi connectivity index (χ2n) is 5.11. The van der Waals surface area contributed by atoms with Gasteiger partial charge in [-0.05, 0) is 36.6 Å². The van der Waals surface area contributed by atoms with Gasteiger partial charge >= 0.3 is 5.97 Å². The number of aryl methyl sites for hydroxylation is 1. The topological polar surface area (TPSA) is 59.4 Å². The number of aromatic nitrogens is 1. The lowest BCUT2D eigenvalue weighted by Crippen LogP contribution is -2.03. The van der Waals surface area contributed by atoms with Gasteiger partial charge in [0.1, 0.15) is 5.75 Å². The number of pyridine rings is 1. The fourth-order valence-corrected chi connectivity index (χ4v) is 1.95. The van der Waals surface area contributed by atoms with E-state index in [0.717, 1.165) is 5.56 Å². The maximum Gasteiger partial charge on any atom is 0.335 e. The van der Waals surface area contributed by atoms with Gasteiger partial charge in [0.05, 0.1) is 10.6 Å². The predicted octanol–water partition coefficient (Wildman–Crippen LogP) is 4.66. The van der Waals surface area contributed by atoms with Gasteiger partial charge in [0.15, 0.2) is 0 Å². The minimum Gasteiger partial charge on any atom is -0.478 e. The van der Waals surface area contributed by atoms with Crippen molar-refractivity contribution in [2.45, 2.75) is 26.7 Å². The summed E-state index contributed by atoms with van der Waals surface area (Å²) >= 11 is 6.08. The van der Waals surface area contributed by atoms with Crippen molar-refractivity contribution in [3.8, 4) is 11.6 Å². The van der Waals surface area contributed by atoms with Crippen molar-refractivity contribution in [3.63, 3.8) is 0 Å². The Labute approximate surface area is 128 Å². The molecule has 0 atom stereocenters. The predicted molar refractivity (Wildman–Crippen MR) is 81.5 cm³/mol. The van der Waals surface area contributed by atoms with Crippen LogP contribution in [0.15, 0.2) is 30.3 Å². The Morgan fingerprint density at radius 1 is 1.29 bits per heavy atom. The quantitative estimate of drug-likeness (QED) is 0.892. The van der Waals surface area contributed by atoms with Crippen molar-refractivity contribution in [1.29, 1.82) is 0 Å². The molecule has 0 radical (unpaired) electrons. The molecular formula is C16H16ClNO3. The molecule has 0 aliphatic heterocycles. The Morgan fingerprint density at radius 2 is 2.00 bits per heavy atom. The van der Waals surface area contributed by atoms with E-state index in [-0.39, 0.29) is 17.4 Å². The third-order valence-electron chi connectivity index (χ3n) is 2.96. The number of nitrogens with zero attached hydrogens (tertiary/aromatic N) is 1. The van der Waals surface area contributed by atoms with Gasteiger partial charge in [-0.3, -0.25) is 0 Å². The lowest BCUT2D eigenvalue weighted by molar-refractivity contribution is 0.0696. The molecule has 5 heteroatoms. The van der Waals surface area contributed by atoms with Crippen LogP contribution in [0.5, 0.6) is 11.6 Å². The van der Waals surface area contributed by atoms with Crippen LogP contribution in [0.2, 0.25) is 5.02 Å². The van der Waals surface area contributed by atoms with E-state index in [1.165, 1.54) is 6.07 Å². The highest BCUT2D eigenvalue weighted by molar-refractivity contribution is 6.32. The summed E-state index contributed by atoms with van der Waals surface area (Å²) in [5.41, 5.74) is 1.80. The van der Waals surface area contributed by atoms with E-state index < -0.39 is 5.97 Å². The van der Waals surface area contributed by atoms with E-state index in [2.05, 4.69) is 4.98 Å². The molecule has 0 saturated carbocycles. The Bertz CT molecular complexity index is 683. The summed E-state index contributed by atoms with van der Waals surface area (Å²) in [4.78, 5) is 15.5. The SMILES string of the molecule is Cc1ccc(Cl)c(Oc2cc(C(=O)O)cc(C(C)C)n2)c1. The van der Waals surface area contributed by atoms with Crippen molar-refractivity contribution < 1.29 is 14.6 Å². The summed E-state index contributed by atoms with van der Waals surface area (Å²) in [6, 6.07) is 8.34. The van der Waals surface area contributed by atoms with Crippen molar-refractivity contribution >= 4 is 17.6 Å². The average molecular weight is 306 g/mol. The molecule has 110 valence electrons. The van der Waals surface area contributed by atoms with Crippen LogP contribution in [0, 0.1) is 6.92 Å². The van der Waals surface area contributed by atoms with Crippen LogP contribution in [0.1, 0.15) is 41.4 Å².